The maximum Gasteiger partial charge on any atom is 0.350 e. The predicted molar refractivity (Wildman–Crippen MR) is 65.9 cm³/mol. The van der Waals surface area contributed by atoms with Crippen molar-refractivity contribution in [2.24, 2.45) is 7.05 Å². The average molecular weight is 241 g/mol. The molecule has 0 amide bonds. The Morgan fingerprint density at radius 2 is 1.78 bits per heavy atom. The standard InChI is InChI=1S/C12H11N5O/c1-15-12(18)17(9-14-15)11-4-2-10(3-5-11)16-7-6-13-8-16/h2-9H,1H3. The fourth-order valence-electron chi connectivity index (χ4n) is 1.76. The van der Waals surface area contributed by atoms with Crippen molar-refractivity contribution in [3.05, 3.63) is 59.8 Å². The van der Waals surface area contributed by atoms with Crippen LogP contribution < -0.4 is 5.69 Å². The largest absolute Gasteiger partial charge is 0.350 e. The summed E-state index contributed by atoms with van der Waals surface area (Å²) < 4.78 is 4.69. The summed E-state index contributed by atoms with van der Waals surface area (Å²) in [5.41, 5.74) is 1.62. The number of aryl methyl sites for hydroxylation is 1. The molecule has 0 bridgehead atoms. The molecule has 0 saturated heterocycles. The molecule has 2 aromatic heterocycles. The number of rotatable bonds is 2. The SMILES string of the molecule is Cn1ncn(-c2ccc(-n3ccnc3)cc2)c1=O. The van der Waals surface area contributed by atoms with Crippen LogP contribution in [0, 0.1) is 0 Å². The summed E-state index contributed by atoms with van der Waals surface area (Å²) in [6.45, 7) is 0. The molecule has 0 aliphatic carbocycles. The number of aromatic nitrogens is 5. The van der Waals surface area contributed by atoms with E-state index >= 15 is 0 Å². The van der Waals surface area contributed by atoms with E-state index in [1.165, 1.54) is 15.6 Å². The van der Waals surface area contributed by atoms with Gasteiger partial charge in [-0.25, -0.2) is 19.0 Å². The summed E-state index contributed by atoms with van der Waals surface area (Å²) >= 11 is 0. The van der Waals surface area contributed by atoms with Gasteiger partial charge in [-0.1, -0.05) is 0 Å². The number of nitrogens with zero attached hydrogens (tertiary/aromatic N) is 5. The molecule has 18 heavy (non-hydrogen) atoms. The Morgan fingerprint density at radius 3 is 2.33 bits per heavy atom. The Labute approximate surface area is 103 Å². The lowest BCUT2D eigenvalue weighted by molar-refractivity contribution is 0.726. The first-order valence-corrected chi connectivity index (χ1v) is 5.45. The van der Waals surface area contributed by atoms with Gasteiger partial charge in [0.05, 0.1) is 12.0 Å². The van der Waals surface area contributed by atoms with Gasteiger partial charge in [0, 0.05) is 25.1 Å². The van der Waals surface area contributed by atoms with Gasteiger partial charge >= 0.3 is 5.69 Å². The Morgan fingerprint density at radius 1 is 1.06 bits per heavy atom. The summed E-state index contributed by atoms with van der Waals surface area (Å²) in [6, 6.07) is 7.60. The zero-order valence-corrected chi connectivity index (χ0v) is 9.76. The van der Waals surface area contributed by atoms with E-state index in [-0.39, 0.29) is 5.69 Å². The topological polar surface area (TPSA) is 57.6 Å². The first-order chi connectivity index (χ1) is 8.75. The van der Waals surface area contributed by atoms with Gasteiger partial charge in [0.25, 0.3) is 0 Å². The van der Waals surface area contributed by atoms with E-state index in [4.69, 9.17) is 0 Å². The van der Waals surface area contributed by atoms with Crippen LogP contribution in [0.2, 0.25) is 0 Å². The van der Waals surface area contributed by atoms with Crippen molar-refractivity contribution in [3.8, 4) is 11.4 Å². The van der Waals surface area contributed by atoms with Gasteiger partial charge in [-0.05, 0) is 24.3 Å². The van der Waals surface area contributed by atoms with Crippen molar-refractivity contribution >= 4 is 0 Å². The average Bonchev–Trinajstić information content (AvgIpc) is 3.02. The molecule has 0 saturated carbocycles. The van der Waals surface area contributed by atoms with E-state index in [2.05, 4.69) is 10.1 Å². The Hall–Kier alpha value is -2.63. The monoisotopic (exact) mass is 241 g/mol. The van der Waals surface area contributed by atoms with E-state index in [9.17, 15) is 4.79 Å². The van der Waals surface area contributed by atoms with E-state index in [0.717, 1.165) is 11.4 Å². The maximum atomic E-state index is 11.7. The van der Waals surface area contributed by atoms with E-state index in [1.54, 1.807) is 19.6 Å². The van der Waals surface area contributed by atoms with Crippen LogP contribution in [-0.4, -0.2) is 23.9 Å². The third kappa shape index (κ3) is 1.64. The van der Waals surface area contributed by atoms with Crippen molar-refractivity contribution in [1.29, 1.82) is 0 Å². The van der Waals surface area contributed by atoms with Crippen LogP contribution in [0.3, 0.4) is 0 Å². The van der Waals surface area contributed by atoms with Crippen LogP contribution >= 0.6 is 0 Å². The van der Waals surface area contributed by atoms with Crippen LogP contribution in [0.15, 0.2) is 54.1 Å². The molecule has 0 spiro atoms. The summed E-state index contributed by atoms with van der Waals surface area (Å²) in [4.78, 5) is 15.7. The van der Waals surface area contributed by atoms with Crippen LogP contribution in [0.1, 0.15) is 0 Å². The molecule has 0 N–H and O–H groups in total. The highest BCUT2D eigenvalue weighted by Crippen LogP contribution is 2.11. The molecule has 0 aliphatic rings. The molecule has 3 rings (SSSR count). The molecule has 0 aliphatic heterocycles. The van der Waals surface area contributed by atoms with Gasteiger partial charge in [-0.15, -0.1) is 0 Å². The number of hydrogen-bond donors (Lipinski definition) is 0. The third-order valence-electron chi connectivity index (χ3n) is 2.75. The second-order valence-corrected chi connectivity index (χ2v) is 3.89. The van der Waals surface area contributed by atoms with Gasteiger partial charge < -0.3 is 4.57 Å². The highest BCUT2D eigenvalue weighted by atomic mass is 16.2. The van der Waals surface area contributed by atoms with Crippen molar-refractivity contribution < 1.29 is 0 Å². The molecule has 0 unspecified atom stereocenters. The normalized spacial score (nSPS) is 10.7. The Bertz CT molecular complexity index is 706. The summed E-state index contributed by atoms with van der Waals surface area (Å²) in [7, 11) is 1.62. The molecule has 6 nitrogen and oxygen atoms in total. The molecular weight excluding hydrogens is 230 g/mol. The molecule has 0 radical (unpaired) electrons. The number of benzene rings is 1. The minimum absolute atomic E-state index is 0.162. The van der Waals surface area contributed by atoms with Crippen molar-refractivity contribution in [3.63, 3.8) is 0 Å². The molecule has 90 valence electrons. The molecule has 0 atom stereocenters. The van der Waals surface area contributed by atoms with Crippen LogP contribution in [0.25, 0.3) is 11.4 Å². The van der Waals surface area contributed by atoms with Crippen LogP contribution in [-0.2, 0) is 7.05 Å². The van der Waals surface area contributed by atoms with Crippen molar-refractivity contribution in [2.45, 2.75) is 0 Å². The van der Waals surface area contributed by atoms with Crippen molar-refractivity contribution in [2.75, 3.05) is 0 Å². The summed E-state index contributed by atoms with van der Waals surface area (Å²) in [6.07, 6.45) is 6.82. The van der Waals surface area contributed by atoms with Crippen molar-refractivity contribution in [1.82, 2.24) is 23.9 Å². The Kier molecular flexibility index (Phi) is 2.33. The molecular formula is C12H11N5O. The van der Waals surface area contributed by atoms with Gasteiger partial charge in [0.15, 0.2) is 0 Å². The lowest BCUT2D eigenvalue weighted by Crippen LogP contribution is -2.21. The van der Waals surface area contributed by atoms with Gasteiger partial charge in [0.1, 0.15) is 6.33 Å². The van der Waals surface area contributed by atoms with Gasteiger partial charge in [-0.3, -0.25) is 0 Å². The summed E-state index contributed by atoms with van der Waals surface area (Å²) in [5, 5.41) is 3.92. The zero-order valence-electron chi connectivity index (χ0n) is 9.76. The van der Waals surface area contributed by atoms with Gasteiger partial charge in [0.2, 0.25) is 0 Å². The third-order valence-corrected chi connectivity index (χ3v) is 2.75. The lowest BCUT2D eigenvalue weighted by Gasteiger charge is -2.04. The van der Waals surface area contributed by atoms with Gasteiger partial charge in [-0.2, -0.15) is 5.10 Å². The number of imidazole rings is 1. The first-order valence-electron chi connectivity index (χ1n) is 5.45. The minimum atomic E-state index is -0.162. The molecule has 6 heteroatoms. The smallest absolute Gasteiger partial charge is 0.306 e. The minimum Gasteiger partial charge on any atom is -0.306 e. The second-order valence-electron chi connectivity index (χ2n) is 3.89. The highest BCUT2D eigenvalue weighted by Gasteiger charge is 2.03. The second kappa shape index (κ2) is 3.99. The zero-order chi connectivity index (χ0) is 12.5. The highest BCUT2D eigenvalue weighted by molar-refractivity contribution is 5.41. The fraction of sp³-hybridized carbons (Fsp3) is 0.0833. The van der Waals surface area contributed by atoms with E-state index < -0.39 is 0 Å². The molecule has 1 aromatic carbocycles. The maximum absolute atomic E-state index is 11.7. The van der Waals surface area contributed by atoms with E-state index in [1.807, 2.05) is 35.0 Å². The fourth-order valence-corrected chi connectivity index (χ4v) is 1.76. The Balaban J connectivity index is 2.01. The number of hydrogen-bond acceptors (Lipinski definition) is 3. The van der Waals surface area contributed by atoms with Crippen LogP contribution in [0.4, 0.5) is 0 Å². The quantitative estimate of drug-likeness (QED) is 0.665. The molecule has 2 heterocycles. The predicted octanol–water partition coefficient (Wildman–Crippen LogP) is 0.757. The molecule has 3 aromatic rings. The lowest BCUT2D eigenvalue weighted by atomic mass is 10.3. The van der Waals surface area contributed by atoms with E-state index in [0.29, 0.717) is 0 Å². The first kappa shape index (κ1) is 10.5. The molecule has 0 fully saturated rings. The van der Waals surface area contributed by atoms with Crippen LogP contribution in [0.5, 0.6) is 0 Å². The summed E-state index contributed by atoms with van der Waals surface area (Å²) in [5.74, 6) is 0.